The number of rotatable bonds is 6. The van der Waals surface area contributed by atoms with E-state index in [1.54, 1.807) is 11.3 Å². The molecule has 1 aliphatic rings. The molecular formula is C21H21BrN2O2S. The van der Waals surface area contributed by atoms with E-state index in [0.717, 1.165) is 45.7 Å². The Kier molecular flexibility index (Phi) is 5.86. The molecule has 1 atom stereocenters. The van der Waals surface area contributed by atoms with E-state index in [-0.39, 0.29) is 12.0 Å². The Morgan fingerprint density at radius 2 is 2.11 bits per heavy atom. The van der Waals surface area contributed by atoms with Crippen LogP contribution in [-0.4, -0.2) is 30.1 Å². The molecule has 0 aliphatic carbocycles. The normalized spacial score (nSPS) is 16.7. The van der Waals surface area contributed by atoms with E-state index in [0.29, 0.717) is 13.0 Å². The molecule has 3 aromatic rings. The molecule has 4 rings (SSSR count). The first-order valence-electron chi connectivity index (χ1n) is 9.21. The minimum atomic E-state index is 0.101. The molecule has 1 amide bonds. The number of amides is 1. The average molecular weight is 445 g/mol. The van der Waals surface area contributed by atoms with Crippen LogP contribution in [0.15, 0.2) is 53.0 Å². The maximum Gasteiger partial charge on any atom is 0.229 e. The topological polar surface area (TPSA) is 42.4 Å². The molecular weight excluding hydrogens is 424 g/mol. The molecule has 1 aromatic heterocycles. The van der Waals surface area contributed by atoms with E-state index in [4.69, 9.17) is 9.72 Å². The van der Waals surface area contributed by atoms with Crippen LogP contribution >= 0.6 is 27.3 Å². The number of nitrogens with zero attached hydrogens (tertiary/aromatic N) is 2. The molecule has 2 aromatic carbocycles. The van der Waals surface area contributed by atoms with Crippen LogP contribution in [0.25, 0.3) is 10.2 Å². The summed E-state index contributed by atoms with van der Waals surface area (Å²) in [6.07, 6.45) is 3.36. The number of fused-ring (bicyclic) bond motifs is 1. The monoisotopic (exact) mass is 444 g/mol. The lowest BCUT2D eigenvalue weighted by Crippen LogP contribution is -2.37. The number of carbonyl (C=O) groups excluding carboxylic acids is 1. The SMILES string of the molecule is O=C(CCc1ccccc1)N(CC1CCCO1)c1nc2ccc(Br)cc2s1. The molecule has 1 unspecified atom stereocenters. The van der Waals surface area contributed by atoms with Crippen LogP contribution in [0.2, 0.25) is 0 Å². The Balaban J connectivity index is 1.55. The summed E-state index contributed by atoms with van der Waals surface area (Å²) in [5.41, 5.74) is 2.10. The van der Waals surface area contributed by atoms with Crippen molar-refractivity contribution in [2.24, 2.45) is 0 Å². The Bertz CT molecular complexity index is 922. The number of aromatic nitrogens is 1. The van der Waals surface area contributed by atoms with Gasteiger partial charge in [-0.05, 0) is 43.0 Å². The molecule has 0 spiro atoms. The van der Waals surface area contributed by atoms with E-state index in [2.05, 4.69) is 34.1 Å². The van der Waals surface area contributed by atoms with Crippen LogP contribution in [-0.2, 0) is 16.0 Å². The van der Waals surface area contributed by atoms with E-state index in [9.17, 15) is 4.79 Å². The second-order valence-corrected chi connectivity index (χ2v) is 8.66. The highest BCUT2D eigenvalue weighted by atomic mass is 79.9. The molecule has 0 radical (unpaired) electrons. The van der Waals surface area contributed by atoms with E-state index >= 15 is 0 Å². The lowest BCUT2D eigenvalue weighted by atomic mass is 10.1. The van der Waals surface area contributed by atoms with Crippen LogP contribution < -0.4 is 4.90 Å². The van der Waals surface area contributed by atoms with E-state index in [1.165, 1.54) is 5.56 Å². The summed E-state index contributed by atoms with van der Waals surface area (Å²) < 4.78 is 7.88. The predicted molar refractivity (Wildman–Crippen MR) is 113 cm³/mol. The molecule has 2 heterocycles. The number of anilines is 1. The van der Waals surface area contributed by atoms with Gasteiger partial charge in [0.2, 0.25) is 5.91 Å². The number of aryl methyl sites for hydroxylation is 1. The van der Waals surface area contributed by atoms with Gasteiger partial charge in [0.15, 0.2) is 5.13 Å². The van der Waals surface area contributed by atoms with Crippen molar-refractivity contribution in [2.45, 2.75) is 31.8 Å². The van der Waals surface area contributed by atoms with Crippen LogP contribution in [0.1, 0.15) is 24.8 Å². The van der Waals surface area contributed by atoms with E-state index < -0.39 is 0 Å². The standard InChI is InChI=1S/C21H21BrN2O2S/c22-16-9-10-18-19(13-16)27-21(23-18)24(14-17-7-4-12-26-17)20(25)11-8-15-5-2-1-3-6-15/h1-3,5-6,9-10,13,17H,4,7-8,11-12,14H2. The molecule has 1 aliphatic heterocycles. The van der Waals surface area contributed by atoms with Crippen LogP contribution in [0, 0.1) is 0 Å². The van der Waals surface area contributed by atoms with Crippen molar-refractivity contribution in [3.05, 3.63) is 58.6 Å². The highest BCUT2D eigenvalue weighted by molar-refractivity contribution is 9.10. The second kappa shape index (κ2) is 8.50. The highest BCUT2D eigenvalue weighted by Gasteiger charge is 2.26. The molecule has 1 saturated heterocycles. The fourth-order valence-electron chi connectivity index (χ4n) is 3.31. The summed E-state index contributed by atoms with van der Waals surface area (Å²) in [7, 11) is 0. The minimum absolute atomic E-state index is 0.101. The van der Waals surface area contributed by atoms with Gasteiger partial charge in [-0.15, -0.1) is 0 Å². The van der Waals surface area contributed by atoms with Gasteiger partial charge in [0.1, 0.15) is 0 Å². The van der Waals surface area contributed by atoms with Crippen molar-refractivity contribution < 1.29 is 9.53 Å². The Hall–Kier alpha value is -1.76. The van der Waals surface area contributed by atoms with Crippen LogP contribution in [0.4, 0.5) is 5.13 Å². The van der Waals surface area contributed by atoms with Gasteiger partial charge in [-0.2, -0.15) is 0 Å². The largest absolute Gasteiger partial charge is 0.376 e. The van der Waals surface area contributed by atoms with E-state index in [1.807, 2.05) is 35.2 Å². The fraction of sp³-hybridized carbons (Fsp3) is 0.333. The van der Waals surface area contributed by atoms with Gasteiger partial charge in [0, 0.05) is 17.5 Å². The number of hydrogen-bond donors (Lipinski definition) is 0. The summed E-state index contributed by atoms with van der Waals surface area (Å²) in [6.45, 7) is 1.36. The zero-order chi connectivity index (χ0) is 18.6. The summed E-state index contributed by atoms with van der Waals surface area (Å²) in [6, 6.07) is 16.2. The molecule has 1 fully saturated rings. The quantitative estimate of drug-likeness (QED) is 0.524. The van der Waals surface area contributed by atoms with Crippen molar-refractivity contribution in [2.75, 3.05) is 18.1 Å². The third kappa shape index (κ3) is 4.57. The van der Waals surface area contributed by atoms with Gasteiger partial charge in [0.25, 0.3) is 0 Å². The van der Waals surface area contributed by atoms with Crippen molar-refractivity contribution in [1.29, 1.82) is 0 Å². The number of carbonyl (C=O) groups is 1. The number of benzene rings is 2. The number of ether oxygens (including phenoxy) is 1. The number of hydrogen-bond acceptors (Lipinski definition) is 4. The first kappa shape index (κ1) is 18.6. The molecule has 27 heavy (non-hydrogen) atoms. The lowest BCUT2D eigenvalue weighted by Gasteiger charge is -2.23. The zero-order valence-electron chi connectivity index (χ0n) is 14.9. The molecule has 0 saturated carbocycles. The predicted octanol–water partition coefficient (Wildman–Crippen LogP) is 5.20. The molecule has 140 valence electrons. The van der Waals surface area contributed by atoms with Gasteiger partial charge >= 0.3 is 0 Å². The number of halogens is 1. The number of thiazole rings is 1. The highest BCUT2D eigenvalue weighted by Crippen LogP contribution is 2.32. The summed E-state index contributed by atoms with van der Waals surface area (Å²) >= 11 is 5.07. The maximum atomic E-state index is 13.1. The van der Waals surface area contributed by atoms with Crippen molar-refractivity contribution >= 4 is 48.5 Å². The average Bonchev–Trinajstić information content (AvgIpc) is 3.34. The van der Waals surface area contributed by atoms with Gasteiger partial charge in [0.05, 0.1) is 22.9 Å². The third-order valence-electron chi connectivity index (χ3n) is 4.75. The summed E-state index contributed by atoms with van der Waals surface area (Å²) in [5.74, 6) is 0.104. The summed E-state index contributed by atoms with van der Waals surface area (Å²) in [4.78, 5) is 19.6. The van der Waals surface area contributed by atoms with Crippen LogP contribution in [0.5, 0.6) is 0 Å². The zero-order valence-corrected chi connectivity index (χ0v) is 17.3. The van der Waals surface area contributed by atoms with Gasteiger partial charge in [-0.25, -0.2) is 4.98 Å². The Morgan fingerprint density at radius 3 is 2.89 bits per heavy atom. The Labute approximate surface area is 171 Å². The van der Waals surface area contributed by atoms with Crippen molar-refractivity contribution in [3.8, 4) is 0 Å². The van der Waals surface area contributed by atoms with Crippen LogP contribution in [0.3, 0.4) is 0 Å². The molecule has 6 heteroatoms. The molecule has 0 bridgehead atoms. The first-order valence-corrected chi connectivity index (χ1v) is 10.8. The van der Waals surface area contributed by atoms with Gasteiger partial charge in [-0.3, -0.25) is 9.69 Å². The van der Waals surface area contributed by atoms with Gasteiger partial charge < -0.3 is 4.74 Å². The van der Waals surface area contributed by atoms with Crippen molar-refractivity contribution in [3.63, 3.8) is 0 Å². The van der Waals surface area contributed by atoms with Gasteiger partial charge in [-0.1, -0.05) is 57.6 Å². The smallest absolute Gasteiger partial charge is 0.229 e. The first-order chi connectivity index (χ1) is 13.2. The summed E-state index contributed by atoms with van der Waals surface area (Å²) in [5, 5.41) is 0.761. The Morgan fingerprint density at radius 1 is 1.26 bits per heavy atom. The van der Waals surface area contributed by atoms with Crippen molar-refractivity contribution in [1.82, 2.24) is 4.98 Å². The minimum Gasteiger partial charge on any atom is -0.376 e. The maximum absolute atomic E-state index is 13.1. The third-order valence-corrected chi connectivity index (χ3v) is 6.29. The lowest BCUT2D eigenvalue weighted by molar-refractivity contribution is -0.119. The second-order valence-electron chi connectivity index (χ2n) is 6.73. The molecule has 4 nitrogen and oxygen atoms in total. The fourth-order valence-corrected chi connectivity index (χ4v) is 4.86. The molecule has 0 N–H and O–H groups in total.